The van der Waals surface area contributed by atoms with Gasteiger partial charge in [0.15, 0.2) is 9.68 Å². The highest BCUT2D eigenvalue weighted by Crippen LogP contribution is 2.31. The lowest BCUT2D eigenvalue weighted by molar-refractivity contribution is 0.542. The van der Waals surface area contributed by atoms with Crippen LogP contribution in [0.5, 0.6) is 0 Å². The molecule has 0 saturated carbocycles. The molecule has 0 fully saturated rings. The number of aryl methyl sites for hydroxylation is 1. The summed E-state index contributed by atoms with van der Waals surface area (Å²) >= 11 is 10.5. The first-order chi connectivity index (χ1) is 7.31. The third-order valence-corrected chi connectivity index (χ3v) is 3.74. The van der Waals surface area contributed by atoms with Crippen LogP contribution in [-0.4, -0.2) is 16.1 Å². The zero-order chi connectivity index (χ0) is 10.7. The molecule has 0 aromatic carbocycles. The monoisotopic (exact) mass is 306 g/mol. The minimum Gasteiger partial charge on any atom is -0.457 e. The van der Waals surface area contributed by atoms with Gasteiger partial charge in [0, 0.05) is 12.3 Å². The average Bonchev–Trinajstić information content (AvgIpc) is 2.83. The number of aromatic nitrogens is 2. The van der Waals surface area contributed by atoms with Gasteiger partial charge in [-0.3, -0.25) is 0 Å². The molecule has 0 aliphatic carbocycles. The molecule has 6 heteroatoms. The summed E-state index contributed by atoms with van der Waals surface area (Å²) < 4.78 is 5.84. The maximum absolute atomic E-state index is 5.62. The Morgan fingerprint density at radius 1 is 1.47 bits per heavy atom. The summed E-state index contributed by atoms with van der Waals surface area (Å²) in [5, 5.41) is 10.1. The van der Waals surface area contributed by atoms with Gasteiger partial charge in [-0.25, -0.2) is 0 Å². The van der Waals surface area contributed by atoms with Crippen LogP contribution in [-0.2, 0) is 6.42 Å². The highest BCUT2D eigenvalue weighted by Gasteiger charge is 2.11. The third kappa shape index (κ3) is 2.59. The molecule has 2 aromatic rings. The number of alkyl halides is 1. The van der Waals surface area contributed by atoms with E-state index in [1.807, 2.05) is 6.07 Å². The van der Waals surface area contributed by atoms with Crippen LogP contribution >= 0.6 is 38.9 Å². The molecule has 2 heterocycles. The quantitative estimate of drug-likeness (QED) is 0.808. The average molecular weight is 308 g/mol. The Kier molecular flexibility index (Phi) is 3.77. The van der Waals surface area contributed by atoms with E-state index in [4.69, 9.17) is 16.0 Å². The molecule has 0 saturated heterocycles. The standard InChI is InChI=1S/C9H8BrClN2OS/c10-8-6(3-5-14-8)9-13-12-7(15-9)2-1-4-11/h3,5H,1-2,4H2. The van der Waals surface area contributed by atoms with Gasteiger partial charge in [0.2, 0.25) is 0 Å². The van der Waals surface area contributed by atoms with Crippen LogP contribution in [0.15, 0.2) is 21.4 Å². The Bertz CT molecular complexity index is 443. The predicted octanol–water partition coefficient (Wildman–Crippen LogP) is 3.73. The molecule has 0 unspecified atom stereocenters. The molecular formula is C9H8BrClN2OS. The van der Waals surface area contributed by atoms with Crippen molar-refractivity contribution >= 4 is 38.9 Å². The second-order valence-electron chi connectivity index (χ2n) is 2.90. The van der Waals surface area contributed by atoms with Crippen molar-refractivity contribution < 1.29 is 4.42 Å². The highest BCUT2D eigenvalue weighted by atomic mass is 79.9. The highest BCUT2D eigenvalue weighted by molar-refractivity contribution is 9.10. The fourth-order valence-corrected chi connectivity index (χ4v) is 2.72. The van der Waals surface area contributed by atoms with Crippen molar-refractivity contribution in [2.24, 2.45) is 0 Å². The summed E-state index contributed by atoms with van der Waals surface area (Å²) in [6, 6.07) is 1.87. The second-order valence-corrected chi connectivity index (χ2v) is 5.06. The number of furan rings is 1. The van der Waals surface area contributed by atoms with Gasteiger partial charge in [-0.2, -0.15) is 0 Å². The topological polar surface area (TPSA) is 38.9 Å². The van der Waals surface area contributed by atoms with Crippen molar-refractivity contribution in [3.8, 4) is 10.6 Å². The largest absolute Gasteiger partial charge is 0.457 e. The lowest BCUT2D eigenvalue weighted by Gasteiger charge is -1.89. The summed E-state index contributed by atoms with van der Waals surface area (Å²) in [6.45, 7) is 0. The lowest BCUT2D eigenvalue weighted by atomic mass is 10.4. The summed E-state index contributed by atoms with van der Waals surface area (Å²) in [7, 11) is 0. The van der Waals surface area contributed by atoms with Crippen molar-refractivity contribution in [1.29, 1.82) is 0 Å². The lowest BCUT2D eigenvalue weighted by Crippen LogP contribution is -1.84. The molecule has 0 atom stereocenters. The third-order valence-electron chi connectivity index (χ3n) is 1.84. The molecule has 3 nitrogen and oxygen atoms in total. The van der Waals surface area contributed by atoms with Gasteiger partial charge in [0.25, 0.3) is 0 Å². The first-order valence-electron chi connectivity index (χ1n) is 4.43. The van der Waals surface area contributed by atoms with Gasteiger partial charge >= 0.3 is 0 Å². The Labute approximate surface area is 105 Å². The van der Waals surface area contributed by atoms with Crippen molar-refractivity contribution in [1.82, 2.24) is 10.2 Å². The number of rotatable bonds is 4. The first kappa shape index (κ1) is 11.1. The predicted molar refractivity (Wildman–Crippen MR) is 64.4 cm³/mol. The van der Waals surface area contributed by atoms with Crippen LogP contribution in [0.25, 0.3) is 10.6 Å². The van der Waals surface area contributed by atoms with Gasteiger partial charge in [0.05, 0.1) is 11.8 Å². The fourth-order valence-electron chi connectivity index (χ4n) is 1.13. The molecule has 0 aliphatic heterocycles. The molecular weight excluding hydrogens is 300 g/mol. The number of halogens is 2. The van der Waals surface area contributed by atoms with Crippen molar-refractivity contribution in [2.75, 3.05) is 5.88 Å². The van der Waals surface area contributed by atoms with Gasteiger partial charge < -0.3 is 4.42 Å². The molecule has 0 N–H and O–H groups in total. The van der Waals surface area contributed by atoms with Crippen LogP contribution < -0.4 is 0 Å². The van der Waals surface area contributed by atoms with Gasteiger partial charge in [0.1, 0.15) is 5.01 Å². The fraction of sp³-hybridized carbons (Fsp3) is 0.333. The molecule has 2 aromatic heterocycles. The zero-order valence-electron chi connectivity index (χ0n) is 7.74. The van der Waals surface area contributed by atoms with Crippen LogP contribution in [0.4, 0.5) is 0 Å². The minimum atomic E-state index is 0.657. The van der Waals surface area contributed by atoms with E-state index in [9.17, 15) is 0 Å². The molecule has 0 bridgehead atoms. The van der Waals surface area contributed by atoms with E-state index in [0.29, 0.717) is 10.5 Å². The van der Waals surface area contributed by atoms with Crippen LogP contribution in [0.3, 0.4) is 0 Å². The number of hydrogen-bond acceptors (Lipinski definition) is 4. The Morgan fingerprint density at radius 3 is 3.00 bits per heavy atom. The number of hydrogen-bond donors (Lipinski definition) is 0. The first-order valence-corrected chi connectivity index (χ1v) is 6.57. The van der Waals surface area contributed by atoms with Crippen molar-refractivity contribution in [3.05, 3.63) is 22.0 Å². The van der Waals surface area contributed by atoms with Gasteiger partial charge in [-0.15, -0.1) is 21.8 Å². The van der Waals surface area contributed by atoms with Gasteiger partial charge in [-0.05, 0) is 28.4 Å². The van der Waals surface area contributed by atoms with E-state index < -0.39 is 0 Å². The normalized spacial score (nSPS) is 10.8. The summed E-state index contributed by atoms with van der Waals surface area (Å²) in [5.41, 5.74) is 0.949. The summed E-state index contributed by atoms with van der Waals surface area (Å²) in [6.07, 6.45) is 3.44. The van der Waals surface area contributed by atoms with E-state index >= 15 is 0 Å². The molecule has 0 spiro atoms. The van der Waals surface area contributed by atoms with Crippen LogP contribution in [0, 0.1) is 0 Å². The van der Waals surface area contributed by atoms with E-state index in [1.165, 1.54) is 0 Å². The van der Waals surface area contributed by atoms with Crippen LogP contribution in [0.2, 0.25) is 0 Å². The number of nitrogens with zero attached hydrogens (tertiary/aromatic N) is 2. The molecule has 0 radical (unpaired) electrons. The molecule has 0 aliphatic rings. The van der Waals surface area contributed by atoms with E-state index in [1.54, 1.807) is 17.6 Å². The van der Waals surface area contributed by atoms with Crippen LogP contribution in [0.1, 0.15) is 11.4 Å². The molecule has 2 rings (SSSR count). The van der Waals surface area contributed by atoms with E-state index in [2.05, 4.69) is 26.1 Å². The second kappa shape index (κ2) is 5.09. The smallest absolute Gasteiger partial charge is 0.179 e. The molecule has 15 heavy (non-hydrogen) atoms. The van der Waals surface area contributed by atoms with Crippen molar-refractivity contribution in [3.63, 3.8) is 0 Å². The Hall–Kier alpha value is -0.390. The van der Waals surface area contributed by atoms with Gasteiger partial charge in [-0.1, -0.05) is 11.3 Å². The Morgan fingerprint density at radius 2 is 2.33 bits per heavy atom. The van der Waals surface area contributed by atoms with Crippen molar-refractivity contribution in [2.45, 2.75) is 12.8 Å². The Balaban J connectivity index is 2.17. The SMILES string of the molecule is ClCCCc1nnc(-c2ccoc2Br)s1. The summed E-state index contributed by atoms with van der Waals surface area (Å²) in [5.74, 6) is 0.657. The minimum absolute atomic E-state index is 0.657. The van der Waals surface area contributed by atoms with E-state index in [-0.39, 0.29) is 0 Å². The maximum Gasteiger partial charge on any atom is 0.179 e. The van der Waals surface area contributed by atoms with E-state index in [0.717, 1.165) is 28.4 Å². The maximum atomic E-state index is 5.62. The zero-order valence-corrected chi connectivity index (χ0v) is 10.9. The summed E-state index contributed by atoms with van der Waals surface area (Å²) in [4.78, 5) is 0. The molecule has 0 amide bonds. The molecule has 80 valence electrons.